The first-order valence-corrected chi connectivity index (χ1v) is 12.8. The van der Waals surface area contributed by atoms with Crippen LogP contribution in [0.25, 0.3) is 28.4 Å². The maximum Gasteiger partial charge on any atom is 0.331 e. The van der Waals surface area contributed by atoms with Gasteiger partial charge in [0.25, 0.3) is 0 Å². The predicted molar refractivity (Wildman–Crippen MR) is 148 cm³/mol. The maximum atomic E-state index is 13.6. The van der Waals surface area contributed by atoms with Crippen LogP contribution >= 0.6 is 0 Å². The molecule has 7 N–H and O–H groups in total. The summed E-state index contributed by atoms with van der Waals surface area (Å²) in [7, 11) is 0. The van der Waals surface area contributed by atoms with Gasteiger partial charge in [0.2, 0.25) is 17.5 Å². The summed E-state index contributed by atoms with van der Waals surface area (Å²) in [5, 5.41) is 70.6. The quantitative estimate of drug-likeness (QED) is 0.120. The van der Waals surface area contributed by atoms with Gasteiger partial charge in [0.05, 0.1) is 6.61 Å². The van der Waals surface area contributed by atoms with Gasteiger partial charge >= 0.3 is 5.97 Å². The fourth-order valence-electron chi connectivity index (χ4n) is 4.51. The van der Waals surface area contributed by atoms with E-state index in [1.807, 2.05) is 0 Å². The van der Waals surface area contributed by atoms with Crippen molar-refractivity contribution in [2.45, 2.75) is 30.7 Å². The number of hydrogen-bond acceptors (Lipinski definition) is 13. The molecule has 0 saturated carbocycles. The lowest BCUT2D eigenvalue weighted by Crippen LogP contribution is -2.61. The molecule has 1 aliphatic rings. The minimum absolute atomic E-state index is 0.0247. The summed E-state index contributed by atoms with van der Waals surface area (Å²) in [6.45, 7) is -0.789. The lowest BCUT2D eigenvalue weighted by atomic mass is 9.99. The topological polar surface area (TPSA) is 217 Å². The molecule has 5 atom stereocenters. The van der Waals surface area contributed by atoms with Crippen LogP contribution in [0.3, 0.4) is 0 Å². The Morgan fingerprint density at radius 3 is 2.19 bits per heavy atom. The van der Waals surface area contributed by atoms with E-state index in [-0.39, 0.29) is 33.8 Å². The summed E-state index contributed by atoms with van der Waals surface area (Å²) in [5.74, 6) is -2.89. The van der Waals surface area contributed by atoms with Crippen molar-refractivity contribution in [3.05, 3.63) is 82.5 Å². The van der Waals surface area contributed by atoms with Gasteiger partial charge in [0.1, 0.15) is 46.2 Å². The Morgan fingerprint density at radius 2 is 1.53 bits per heavy atom. The number of aliphatic hydroxyl groups is 3. The molecular formula is C30H26O13. The van der Waals surface area contributed by atoms with Crippen LogP contribution in [-0.4, -0.2) is 79.0 Å². The number of hydrogen-bond donors (Lipinski definition) is 7. The minimum atomic E-state index is -1.90. The van der Waals surface area contributed by atoms with E-state index in [4.69, 9.17) is 18.6 Å². The first kappa shape index (κ1) is 29.4. The highest BCUT2D eigenvalue weighted by Gasteiger charge is 2.48. The van der Waals surface area contributed by atoms with Gasteiger partial charge in [-0.05, 0) is 48.0 Å². The standard InChI is InChI=1S/C30H26O13/c31-13-21-24(37)28(42-22(36)10-3-14-1-6-16(32)7-2-14)26(39)30(41-21)43-29-25(38)23-19(35)11-18(34)12-20(23)40-27(29)15-4-8-17(33)9-5-15/h1-12,21,24,26,28,30-35,37,39H,13H2/b10-3+/t21-,24+,26-,28+,30+/m1/s1. The fraction of sp³-hybridized carbons (Fsp3) is 0.200. The molecule has 1 fully saturated rings. The zero-order valence-electron chi connectivity index (χ0n) is 22.1. The molecule has 0 bridgehead atoms. The number of phenolic OH excluding ortho intramolecular Hbond substituents is 4. The van der Waals surface area contributed by atoms with Crippen molar-refractivity contribution < 1.29 is 59.2 Å². The third-order valence-electron chi connectivity index (χ3n) is 6.66. The number of aliphatic hydroxyl groups excluding tert-OH is 3. The van der Waals surface area contributed by atoms with Crippen LogP contribution in [0.2, 0.25) is 0 Å². The smallest absolute Gasteiger partial charge is 0.331 e. The number of phenols is 4. The normalized spacial score (nSPS) is 22.1. The van der Waals surface area contributed by atoms with Gasteiger partial charge in [0.15, 0.2) is 18.0 Å². The van der Waals surface area contributed by atoms with E-state index in [1.54, 1.807) is 0 Å². The van der Waals surface area contributed by atoms with Gasteiger partial charge in [-0.1, -0.05) is 12.1 Å². The molecule has 13 heteroatoms. The summed E-state index contributed by atoms with van der Waals surface area (Å²) < 4.78 is 22.4. The second-order valence-corrected chi connectivity index (χ2v) is 9.63. The lowest BCUT2D eigenvalue weighted by molar-refractivity contribution is -0.280. The molecule has 0 unspecified atom stereocenters. The molecule has 0 amide bonds. The summed E-state index contributed by atoms with van der Waals surface area (Å²) in [6, 6.07) is 13.3. The first-order valence-electron chi connectivity index (χ1n) is 12.8. The largest absolute Gasteiger partial charge is 0.508 e. The van der Waals surface area contributed by atoms with Crippen molar-refractivity contribution in [2.24, 2.45) is 0 Å². The Balaban J connectivity index is 1.49. The number of ether oxygens (including phenoxy) is 3. The summed E-state index contributed by atoms with van der Waals surface area (Å²) in [6.07, 6.45) is -6.15. The van der Waals surface area contributed by atoms with Crippen molar-refractivity contribution in [1.82, 2.24) is 0 Å². The number of carbonyl (C=O) groups excluding carboxylic acids is 1. The SMILES string of the molecule is O=C(/C=C/c1ccc(O)cc1)O[C@H]1[C@@H](O)[C@@H](CO)O[C@@H](Oc2c(-c3ccc(O)cc3)oc3cc(O)cc(O)c3c2=O)[C@@H]1O. The van der Waals surface area contributed by atoms with Crippen LogP contribution in [0.4, 0.5) is 0 Å². The van der Waals surface area contributed by atoms with E-state index in [1.165, 1.54) is 54.6 Å². The van der Waals surface area contributed by atoms with Gasteiger partial charge in [-0.3, -0.25) is 4.79 Å². The average Bonchev–Trinajstić information content (AvgIpc) is 2.97. The predicted octanol–water partition coefficient (Wildman–Crippen LogP) is 1.73. The Kier molecular flexibility index (Phi) is 8.23. The number of esters is 1. The van der Waals surface area contributed by atoms with Crippen LogP contribution < -0.4 is 10.2 Å². The van der Waals surface area contributed by atoms with Gasteiger partial charge in [-0.15, -0.1) is 0 Å². The summed E-state index contributed by atoms with van der Waals surface area (Å²) in [5.41, 5.74) is -0.395. The second kappa shape index (κ2) is 12.0. The molecule has 0 spiro atoms. The number of rotatable bonds is 7. The molecule has 224 valence electrons. The Morgan fingerprint density at radius 1 is 0.884 bits per heavy atom. The van der Waals surface area contributed by atoms with E-state index in [0.29, 0.717) is 5.56 Å². The van der Waals surface area contributed by atoms with Gasteiger partial charge in [0, 0.05) is 23.8 Å². The second-order valence-electron chi connectivity index (χ2n) is 9.63. The third-order valence-corrected chi connectivity index (χ3v) is 6.66. The van der Waals surface area contributed by atoms with Crippen molar-refractivity contribution in [2.75, 3.05) is 6.61 Å². The van der Waals surface area contributed by atoms with E-state index >= 15 is 0 Å². The molecule has 0 radical (unpaired) electrons. The molecule has 0 aliphatic carbocycles. The molecule has 4 aromatic rings. The van der Waals surface area contributed by atoms with Crippen molar-refractivity contribution >= 4 is 23.0 Å². The van der Waals surface area contributed by atoms with Crippen LogP contribution in [0.1, 0.15) is 5.56 Å². The van der Waals surface area contributed by atoms with Crippen LogP contribution in [0.5, 0.6) is 28.7 Å². The molecule has 1 aliphatic heterocycles. The number of benzene rings is 3. The van der Waals surface area contributed by atoms with E-state index < -0.39 is 66.0 Å². The molecule has 2 heterocycles. The third kappa shape index (κ3) is 6.10. The van der Waals surface area contributed by atoms with E-state index in [2.05, 4.69) is 0 Å². The number of fused-ring (bicyclic) bond motifs is 1. The fourth-order valence-corrected chi connectivity index (χ4v) is 4.51. The number of aromatic hydroxyl groups is 4. The van der Waals surface area contributed by atoms with Crippen molar-refractivity contribution in [3.63, 3.8) is 0 Å². The average molecular weight is 595 g/mol. The highest BCUT2D eigenvalue weighted by Crippen LogP contribution is 2.37. The molecule has 43 heavy (non-hydrogen) atoms. The lowest BCUT2D eigenvalue weighted by Gasteiger charge is -2.41. The molecule has 3 aromatic carbocycles. The highest BCUT2D eigenvalue weighted by atomic mass is 16.7. The summed E-state index contributed by atoms with van der Waals surface area (Å²) >= 11 is 0. The molecular weight excluding hydrogens is 568 g/mol. The minimum Gasteiger partial charge on any atom is -0.508 e. The Bertz CT molecular complexity index is 1710. The zero-order valence-corrected chi connectivity index (χ0v) is 22.1. The first-order chi connectivity index (χ1) is 20.5. The molecule has 1 saturated heterocycles. The van der Waals surface area contributed by atoms with Gasteiger partial charge in [-0.2, -0.15) is 0 Å². The molecule has 13 nitrogen and oxygen atoms in total. The van der Waals surface area contributed by atoms with Crippen LogP contribution in [-0.2, 0) is 14.3 Å². The van der Waals surface area contributed by atoms with E-state index in [9.17, 15) is 45.3 Å². The van der Waals surface area contributed by atoms with Crippen molar-refractivity contribution in [1.29, 1.82) is 0 Å². The highest BCUT2D eigenvalue weighted by molar-refractivity contribution is 5.88. The Hall–Kier alpha value is -5.08. The zero-order chi connectivity index (χ0) is 30.8. The molecule has 1 aromatic heterocycles. The van der Waals surface area contributed by atoms with Gasteiger partial charge in [-0.25, -0.2) is 4.79 Å². The monoisotopic (exact) mass is 594 g/mol. The van der Waals surface area contributed by atoms with Gasteiger partial charge < -0.3 is 54.4 Å². The molecule has 5 rings (SSSR count). The Labute approximate surface area is 242 Å². The van der Waals surface area contributed by atoms with Crippen LogP contribution in [0, 0.1) is 0 Å². The van der Waals surface area contributed by atoms with E-state index in [0.717, 1.165) is 18.2 Å². The number of carbonyl (C=O) groups is 1. The summed E-state index contributed by atoms with van der Waals surface area (Å²) in [4.78, 5) is 26.2. The maximum absolute atomic E-state index is 13.6. The van der Waals surface area contributed by atoms with Crippen LogP contribution in [0.15, 0.2) is 76.0 Å². The van der Waals surface area contributed by atoms with Crippen molar-refractivity contribution in [3.8, 4) is 40.1 Å².